The van der Waals surface area contributed by atoms with Gasteiger partial charge in [-0.2, -0.15) is 0 Å². The van der Waals surface area contributed by atoms with E-state index in [-0.39, 0.29) is 6.05 Å². The van der Waals surface area contributed by atoms with Gasteiger partial charge >= 0.3 is 0 Å². The van der Waals surface area contributed by atoms with Crippen molar-refractivity contribution in [1.82, 2.24) is 0 Å². The predicted molar refractivity (Wildman–Crippen MR) is 59.3 cm³/mol. The van der Waals surface area contributed by atoms with Crippen molar-refractivity contribution in [1.29, 1.82) is 0 Å². The Kier molecular flexibility index (Phi) is 3.13. The molecule has 1 aromatic rings. The SMILES string of the molecule is [2H]C(C)=C=C[C@](O)(C(C)=O)c1ccccc1. The monoisotopic (exact) mass is 203 g/mol. The van der Waals surface area contributed by atoms with Gasteiger partial charge in [0.25, 0.3) is 0 Å². The molecule has 0 unspecified atom stereocenters. The van der Waals surface area contributed by atoms with Gasteiger partial charge in [0, 0.05) is 6.08 Å². The first-order chi connectivity index (χ1) is 7.47. The number of carbonyl (C=O) groups excluding carboxylic acids is 1. The molecule has 2 nitrogen and oxygen atoms in total. The van der Waals surface area contributed by atoms with Crippen LogP contribution in [0.25, 0.3) is 0 Å². The van der Waals surface area contributed by atoms with Crippen LogP contribution in [0, 0.1) is 0 Å². The van der Waals surface area contributed by atoms with Crippen molar-refractivity contribution in [2.24, 2.45) is 0 Å². The largest absolute Gasteiger partial charge is 0.373 e. The summed E-state index contributed by atoms with van der Waals surface area (Å²) in [7, 11) is 0. The minimum atomic E-state index is -1.69. The molecular weight excluding hydrogens is 188 g/mol. The highest BCUT2D eigenvalue weighted by atomic mass is 16.3. The van der Waals surface area contributed by atoms with E-state index in [2.05, 4.69) is 5.73 Å². The molecule has 0 saturated carbocycles. The molecule has 0 aliphatic heterocycles. The fourth-order valence-electron chi connectivity index (χ4n) is 1.26. The fourth-order valence-corrected chi connectivity index (χ4v) is 1.26. The van der Waals surface area contributed by atoms with Gasteiger partial charge in [0.1, 0.15) is 0 Å². The molecule has 0 amide bonds. The van der Waals surface area contributed by atoms with E-state index >= 15 is 0 Å². The van der Waals surface area contributed by atoms with Crippen LogP contribution in [0.2, 0.25) is 0 Å². The second-order valence-electron chi connectivity index (χ2n) is 3.23. The summed E-state index contributed by atoms with van der Waals surface area (Å²) in [4.78, 5) is 11.5. The lowest BCUT2D eigenvalue weighted by atomic mass is 9.90. The van der Waals surface area contributed by atoms with E-state index in [9.17, 15) is 9.90 Å². The van der Waals surface area contributed by atoms with Crippen molar-refractivity contribution in [2.75, 3.05) is 0 Å². The van der Waals surface area contributed by atoms with E-state index in [1.165, 1.54) is 19.9 Å². The summed E-state index contributed by atoms with van der Waals surface area (Å²) < 4.78 is 7.21. The van der Waals surface area contributed by atoms with Gasteiger partial charge in [0.15, 0.2) is 11.4 Å². The maximum atomic E-state index is 11.5. The van der Waals surface area contributed by atoms with E-state index in [0.717, 1.165) is 0 Å². The Morgan fingerprint density at radius 2 is 2.13 bits per heavy atom. The van der Waals surface area contributed by atoms with E-state index in [1.807, 2.05) is 0 Å². The van der Waals surface area contributed by atoms with Crippen molar-refractivity contribution in [3.05, 3.63) is 53.8 Å². The summed E-state index contributed by atoms with van der Waals surface area (Å²) in [5, 5.41) is 10.2. The second kappa shape index (κ2) is 4.74. The van der Waals surface area contributed by atoms with Gasteiger partial charge in [-0.3, -0.25) is 4.79 Å². The standard InChI is InChI=1S/C13H14O2/c1-3-4-10-13(15,11(2)14)12-8-6-5-7-9-12/h3,5-10,15H,1-2H3/t4?,13-/m0/s1/i3D. The Morgan fingerprint density at radius 1 is 1.53 bits per heavy atom. The molecule has 0 spiro atoms. The van der Waals surface area contributed by atoms with Crippen molar-refractivity contribution < 1.29 is 11.3 Å². The van der Waals surface area contributed by atoms with Gasteiger partial charge in [-0.1, -0.05) is 30.3 Å². The van der Waals surface area contributed by atoms with Crippen LogP contribution in [0.15, 0.2) is 48.2 Å². The average Bonchev–Trinajstić information content (AvgIpc) is 2.26. The molecule has 0 saturated heterocycles. The van der Waals surface area contributed by atoms with Gasteiger partial charge in [0.2, 0.25) is 0 Å². The quantitative estimate of drug-likeness (QED) is 0.765. The third-order valence-corrected chi connectivity index (χ3v) is 2.18. The Morgan fingerprint density at radius 3 is 2.60 bits per heavy atom. The summed E-state index contributed by atoms with van der Waals surface area (Å²) in [5.41, 5.74) is 1.35. The minimum absolute atomic E-state index is 0.163. The first-order valence-corrected chi connectivity index (χ1v) is 4.67. The number of carbonyl (C=O) groups is 1. The third-order valence-electron chi connectivity index (χ3n) is 2.18. The maximum absolute atomic E-state index is 11.5. The van der Waals surface area contributed by atoms with Crippen LogP contribution in [0.3, 0.4) is 0 Å². The molecule has 0 radical (unpaired) electrons. The van der Waals surface area contributed by atoms with E-state index in [4.69, 9.17) is 1.37 Å². The van der Waals surface area contributed by atoms with Crippen LogP contribution in [0.5, 0.6) is 0 Å². The molecule has 1 N–H and O–H groups in total. The minimum Gasteiger partial charge on any atom is -0.373 e. The molecule has 0 fully saturated rings. The van der Waals surface area contributed by atoms with Gasteiger partial charge in [-0.05, 0) is 25.5 Å². The second-order valence-corrected chi connectivity index (χ2v) is 3.23. The smallest absolute Gasteiger partial charge is 0.173 e. The maximum Gasteiger partial charge on any atom is 0.173 e. The van der Waals surface area contributed by atoms with Crippen molar-refractivity contribution in [3.63, 3.8) is 0 Å². The van der Waals surface area contributed by atoms with E-state index in [1.54, 1.807) is 30.3 Å². The summed E-state index contributed by atoms with van der Waals surface area (Å²) in [6.07, 6.45) is 1.23. The van der Waals surface area contributed by atoms with Gasteiger partial charge < -0.3 is 5.11 Å². The van der Waals surface area contributed by atoms with Gasteiger partial charge in [0.05, 0.1) is 1.37 Å². The highest BCUT2D eigenvalue weighted by Gasteiger charge is 2.31. The van der Waals surface area contributed by atoms with Crippen LogP contribution < -0.4 is 0 Å². The Balaban J connectivity index is 3.29. The molecule has 1 aromatic carbocycles. The molecule has 0 aliphatic rings. The molecule has 1 rings (SSSR count). The first kappa shape index (κ1) is 9.91. The van der Waals surface area contributed by atoms with Crippen LogP contribution in [-0.4, -0.2) is 10.9 Å². The van der Waals surface area contributed by atoms with Crippen molar-refractivity contribution in [2.45, 2.75) is 19.4 Å². The van der Waals surface area contributed by atoms with Gasteiger partial charge in [-0.15, -0.1) is 5.73 Å². The zero-order valence-corrected chi connectivity index (χ0v) is 8.82. The number of rotatable bonds is 3. The summed E-state index contributed by atoms with van der Waals surface area (Å²) in [5.74, 6) is -0.396. The molecular formula is C13H14O2. The highest BCUT2D eigenvalue weighted by molar-refractivity contribution is 5.88. The number of Topliss-reactive ketones (excluding diaryl/α,β-unsaturated/α-hetero) is 1. The average molecular weight is 203 g/mol. The molecule has 0 bridgehead atoms. The van der Waals surface area contributed by atoms with E-state index < -0.39 is 11.4 Å². The topological polar surface area (TPSA) is 37.3 Å². The molecule has 0 aromatic heterocycles. The molecule has 0 heterocycles. The summed E-state index contributed by atoms with van der Waals surface area (Å²) >= 11 is 0. The predicted octanol–water partition coefficient (Wildman–Crippen LogP) is 2.19. The van der Waals surface area contributed by atoms with Crippen LogP contribution in [0.1, 0.15) is 20.8 Å². The Hall–Kier alpha value is -1.63. The normalized spacial score (nSPS) is 14.5. The molecule has 78 valence electrons. The molecule has 1 atom stereocenters. The Labute approximate surface area is 91.0 Å². The number of ketones is 1. The number of benzene rings is 1. The van der Waals surface area contributed by atoms with Crippen LogP contribution >= 0.6 is 0 Å². The van der Waals surface area contributed by atoms with Crippen molar-refractivity contribution in [3.8, 4) is 0 Å². The zero-order chi connectivity index (χ0) is 12.2. The molecule has 15 heavy (non-hydrogen) atoms. The van der Waals surface area contributed by atoms with E-state index in [0.29, 0.717) is 5.56 Å². The zero-order valence-electron chi connectivity index (χ0n) is 9.82. The number of hydrogen-bond acceptors (Lipinski definition) is 2. The number of aliphatic hydroxyl groups is 1. The van der Waals surface area contributed by atoms with Crippen LogP contribution in [-0.2, 0) is 10.4 Å². The summed E-state index contributed by atoms with van der Waals surface area (Å²) in [6.45, 7) is 2.84. The molecule has 2 heteroatoms. The Bertz CT molecular complexity index is 440. The molecule has 0 aliphatic carbocycles. The lowest BCUT2D eigenvalue weighted by molar-refractivity contribution is -0.131. The third kappa shape index (κ3) is 2.44. The highest BCUT2D eigenvalue weighted by Crippen LogP contribution is 2.23. The summed E-state index contributed by atoms with van der Waals surface area (Å²) in [6, 6.07) is 8.79. The first-order valence-electron chi connectivity index (χ1n) is 5.17. The van der Waals surface area contributed by atoms with Crippen LogP contribution in [0.4, 0.5) is 0 Å². The lowest BCUT2D eigenvalue weighted by Crippen LogP contribution is -2.31. The lowest BCUT2D eigenvalue weighted by Gasteiger charge is -2.20. The van der Waals surface area contributed by atoms with Gasteiger partial charge in [-0.25, -0.2) is 0 Å². The number of hydrogen-bond donors (Lipinski definition) is 1. The fraction of sp³-hybridized carbons (Fsp3) is 0.231. The van der Waals surface area contributed by atoms with Crippen molar-refractivity contribution >= 4 is 5.78 Å².